The lowest BCUT2D eigenvalue weighted by molar-refractivity contribution is -0.137. The van der Waals surface area contributed by atoms with Crippen LogP contribution in [0.4, 0.5) is 18.9 Å². The predicted octanol–water partition coefficient (Wildman–Crippen LogP) is 3.56. The van der Waals surface area contributed by atoms with Crippen LogP contribution in [0.15, 0.2) is 18.2 Å². The minimum absolute atomic E-state index is 0.0296. The van der Waals surface area contributed by atoms with Crippen LogP contribution in [-0.4, -0.2) is 30.3 Å². The summed E-state index contributed by atoms with van der Waals surface area (Å²) >= 11 is 5.49. The topological polar surface area (TPSA) is 49.4 Å². The van der Waals surface area contributed by atoms with Gasteiger partial charge in [-0.2, -0.15) is 13.2 Å². The lowest BCUT2D eigenvalue weighted by atomic mass is 10.2. The summed E-state index contributed by atoms with van der Waals surface area (Å²) in [6, 6.07) is 3.09. The van der Waals surface area contributed by atoms with Crippen molar-refractivity contribution in [2.24, 2.45) is 0 Å². The van der Waals surface area contributed by atoms with Crippen molar-refractivity contribution >= 4 is 29.1 Å². The molecule has 4 nitrogen and oxygen atoms in total. The zero-order valence-corrected chi connectivity index (χ0v) is 12.9. The molecule has 1 rings (SSSR count). The lowest BCUT2D eigenvalue weighted by Gasteiger charge is -2.17. The molecule has 0 aromatic heterocycles. The van der Waals surface area contributed by atoms with Gasteiger partial charge in [0.15, 0.2) is 0 Å². The van der Waals surface area contributed by atoms with Gasteiger partial charge < -0.3 is 10.2 Å². The zero-order chi connectivity index (χ0) is 16.9. The molecule has 0 aliphatic heterocycles. The highest BCUT2D eigenvalue weighted by molar-refractivity contribution is 6.31. The number of carbonyl (C=O) groups is 2. The van der Waals surface area contributed by atoms with E-state index in [0.29, 0.717) is 12.8 Å². The molecule has 0 aliphatic rings. The second-order valence-electron chi connectivity index (χ2n) is 4.74. The summed E-state index contributed by atoms with van der Waals surface area (Å²) in [5, 5.41) is 1.87. The molecule has 0 heterocycles. The first-order chi connectivity index (χ1) is 10.1. The molecule has 0 saturated heterocycles. The molecule has 22 heavy (non-hydrogen) atoms. The number of nitrogens with one attached hydrogen (secondary N) is 1. The van der Waals surface area contributed by atoms with Crippen molar-refractivity contribution in [2.45, 2.75) is 25.9 Å². The van der Waals surface area contributed by atoms with E-state index >= 15 is 0 Å². The van der Waals surface area contributed by atoms with E-state index in [-0.39, 0.29) is 18.1 Å². The highest BCUT2D eigenvalue weighted by atomic mass is 35.5. The largest absolute Gasteiger partial charge is 0.417 e. The molecule has 2 amide bonds. The Morgan fingerprint density at radius 3 is 2.50 bits per heavy atom. The maximum atomic E-state index is 12.7. The van der Waals surface area contributed by atoms with Crippen LogP contribution in [0.5, 0.6) is 0 Å². The summed E-state index contributed by atoms with van der Waals surface area (Å²) in [6.45, 7) is 1.60. The monoisotopic (exact) mass is 336 g/mol. The number of likely N-dealkylation sites (N-methyl/N-ethyl adjacent to an activating group) is 1. The first-order valence-electron chi connectivity index (χ1n) is 6.55. The number of halogens is 4. The van der Waals surface area contributed by atoms with Gasteiger partial charge in [0.05, 0.1) is 17.1 Å². The number of amides is 2. The van der Waals surface area contributed by atoms with Gasteiger partial charge in [-0.1, -0.05) is 18.5 Å². The highest BCUT2D eigenvalue weighted by Crippen LogP contribution is 2.36. The minimum Gasteiger partial charge on any atom is -0.336 e. The van der Waals surface area contributed by atoms with Crippen molar-refractivity contribution in [3.05, 3.63) is 28.8 Å². The molecule has 0 bridgehead atoms. The number of hydrogen-bond donors (Lipinski definition) is 1. The Balaban J connectivity index is 2.75. The molecule has 0 radical (unpaired) electrons. The van der Waals surface area contributed by atoms with Crippen molar-refractivity contribution < 1.29 is 22.8 Å². The van der Waals surface area contributed by atoms with E-state index in [4.69, 9.17) is 11.6 Å². The minimum atomic E-state index is -4.61. The number of alkyl halides is 3. The van der Waals surface area contributed by atoms with Crippen LogP contribution in [0, 0.1) is 0 Å². The number of carbonyl (C=O) groups excluding carboxylic acids is 2. The Bertz CT molecular complexity index is 562. The molecule has 0 spiro atoms. The molecule has 8 heteroatoms. The van der Waals surface area contributed by atoms with Crippen LogP contribution in [0.2, 0.25) is 5.02 Å². The zero-order valence-electron chi connectivity index (χ0n) is 12.1. The van der Waals surface area contributed by atoms with Gasteiger partial charge in [-0.05, 0) is 24.6 Å². The third-order valence-electron chi connectivity index (χ3n) is 2.83. The third kappa shape index (κ3) is 5.22. The average Bonchev–Trinajstić information content (AvgIpc) is 2.39. The van der Waals surface area contributed by atoms with Crippen LogP contribution >= 0.6 is 11.6 Å². The van der Waals surface area contributed by atoms with Gasteiger partial charge in [-0.15, -0.1) is 0 Å². The Morgan fingerprint density at radius 2 is 1.95 bits per heavy atom. The van der Waals surface area contributed by atoms with Gasteiger partial charge in [0.2, 0.25) is 11.8 Å². The number of benzene rings is 1. The molecule has 0 unspecified atom stereocenters. The van der Waals surface area contributed by atoms with Crippen LogP contribution < -0.4 is 5.32 Å². The van der Waals surface area contributed by atoms with Gasteiger partial charge in [0, 0.05) is 19.2 Å². The Labute approximate surface area is 131 Å². The SMILES string of the molecule is CCCC(=O)N(C)CC(=O)Nc1ccc(Cl)c(C(F)(F)F)c1. The summed E-state index contributed by atoms with van der Waals surface area (Å²) in [5.74, 6) is -0.785. The van der Waals surface area contributed by atoms with Crippen LogP contribution in [0.25, 0.3) is 0 Å². The molecule has 1 N–H and O–H groups in total. The molecule has 0 atom stereocenters. The molecule has 0 fully saturated rings. The first kappa shape index (κ1) is 18.3. The molecular weight excluding hydrogens is 321 g/mol. The number of anilines is 1. The first-order valence-corrected chi connectivity index (χ1v) is 6.93. The molecule has 0 aliphatic carbocycles. The Hall–Kier alpha value is -1.76. The summed E-state index contributed by atoms with van der Waals surface area (Å²) in [7, 11) is 1.46. The second kappa shape index (κ2) is 7.49. The average molecular weight is 337 g/mol. The predicted molar refractivity (Wildman–Crippen MR) is 77.6 cm³/mol. The van der Waals surface area contributed by atoms with Crippen LogP contribution in [-0.2, 0) is 15.8 Å². The van der Waals surface area contributed by atoms with Gasteiger partial charge in [0.1, 0.15) is 0 Å². The quantitative estimate of drug-likeness (QED) is 0.894. The van der Waals surface area contributed by atoms with Gasteiger partial charge in [-0.3, -0.25) is 9.59 Å². The molecule has 0 saturated carbocycles. The molecule has 122 valence electrons. The second-order valence-corrected chi connectivity index (χ2v) is 5.15. The van der Waals surface area contributed by atoms with Crippen LogP contribution in [0.3, 0.4) is 0 Å². The Kier molecular flexibility index (Phi) is 6.22. The van der Waals surface area contributed by atoms with Crippen molar-refractivity contribution in [1.29, 1.82) is 0 Å². The summed E-state index contributed by atoms with van der Waals surface area (Å²) in [5.41, 5.74) is -1.06. The summed E-state index contributed by atoms with van der Waals surface area (Å²) < 4.78 is 38.2. The van der Waals surface area contributed by atoms with E-state index in [1.54, 1.807) is 0 Å². The fraction of sp³-hybridized carbons (Fsp3) is 0.429. The maximum Gasteiger partial charge on any atom is 0.417 e. The van der Waals surface area contributed by atoms with Crippen molar-refractivity contribution in [2.75, 3.05) is 18.9 Å². The number of hydrogen-bond acceptors (Lipinski definition) is 2. The molecular formula is C14H16ClF3N2O2. The van der Waals surface area contributed by atoms with Crippen LogP contribution in [0.1, 0.15) is 25.3 Å². The molecule has 1 aromatic carbocycles. The highest BCUT2D eigenvalue weighted by Gasteiger charge is 2.33. The summed E-state index contributed by atoms with van der Waals surface area (Å²) in [4.78, 5) is 24.5. The van der Waals surface area contributed by atoms with Crippen molar-refractivity contribution in [3.8, 4) is 0 Å². The van der Waals surface area contributed by atoms with Gasteiger partial charge >= 0.3 is 6.18 Å². The van der Waals surface area contributed by atoms with E-state index in [0.717, 1.165) is 12.1 Å². The summed E-state index contributed by atoms with van der Waals surface area (Å²) in [6.07, 6.45) is -3.65. The van der Waals surface area contributed by atoms with E-state index in [9.17, 15) is 22.8 Å². The number of rotatable bonds is 5. The maximum absolute atomic E-state index is 12.7. The van der Waals surface area contributed by atoms with E-state index < -0.39 is 22.7 Å². The smallest absolute Gasteiger partial charge is 0.336 e. The normalized spacial score (nSPS) is 11.2. The van der Waals surface area contributed by atoms with E-state index in [1.165, 1.54) is 18.0 Å². The van der Waals surface area contributed by atoms with Gasteiger partial charge in [-0.25, -0.2) is 0 Å². The molecule has 1 aromatic rings. The fourth-order valence-electron chi connectivity index (χ4n) is 1.73. The van der Waals surface area contributed by atoms with Crippen molar-refractivity contribution in [1.82, 2.24) is 4.90 Å². The van der Waals surface area contributed by atoms with E-state index in [2.05, 4.69) is 5.32 Å². The lowest BCUT2D eigenvalue weighted by Crippen LogP contribution is -2.34. The van der Waals surface area contributed by atoms with E-state index in [1.807, 2.05) is 6.92 Å². The Morgan fingerprint density at radius 1 is 1.32 bits per heavy atom. The van der Waals surface area contributed by atoms with Crippen molar-refractivity contribution in [3.63, 3.8) is 0 Å². The fourth-order valence-corrected chi connectivity index (χ4v) is 1.95. The standard InChI is InChI=1S/C14H16ClF3N2O2/c1-3-4-13(22)20(2)8-12(21)19-9-5-6-11(15)10(7-9)14(16,17)18/h5-7H,3-4,8H2,1-2H3,(H,19,21). The number of nitrogens with zero attached hydrogens (tertiary/aromatic N) is 1. The van der Waals surface area contributed by atoms with Gasteiger partial charge in [0.25, 0.3) is 0 Å². The third-order valence-corrected chi connectivity index (χ3v) is 3.16.